The Hall–Kier alpha value is -1.62. The van der Waals surface area contributed by atoms with E-state index in [2.05, 4.69) is 44.8 Å². The summed E-state index contributed by atoms with van der Waals surface area (Å²) in [6.07, 6.45) is 2.46. The standard InChI is InChI=1S/C14H17N3OS/c1-11-5-4-6-12(9-11)10-18-14-13(15-19-16-14)17-7-2-3-8-17/h4-6,9H,2-3,7-8,10H2,1H3. The van der Waals surface area contributed by atoms with E-state index in [0.717, 1.165) is 18.9 Å². The monoisotopic (exact) mass is 275 g/mol. The molecule has 0 amide bonds. The van der Waals surface area contributed by atoms with Gasteiger partial charge in [0.2, 0.25) is 5.82 Å². The number of nitrogens with zero attached hydrogens (tertiary/aromatic N) is 3. The minimum absolute atomic E-state index is 0.550. The van der Waals surface area contributed by atoms with Crippen LogP contribution in [0.4, 0.5) is 5.82 Å². The Bertz CT molecular complexity index is 549. The highest BCUT2D eigenvalue weighted by Gasteiger charge is 2.20. The molecule has 5 heteroatoms. The van der Waals surface area contributed by atoms with Gasteiger partial charge in [0, 0.05) is 13.1 Å². The van der Waals surface area contributed by atoms with Crippen LogP contribution in [-0.2, 0) is 6.61 Å². The molecule has 1 aliphatic heterocycles. The predicted octanol–water partition coefficient (Wildman–Crippen LogP) is 3.03. The minimum Gasteiger partial charge on any atom is -0.470 e. The Labute approximate surface area is 117 Å². The normalized spacial score (nSPS) is 14.9. The first kappa shape index (κ1) is 12.4. The van der Waals surface area contributed by atoms with E-state index in [4.69, 9.17) is 4.74 Å². The first-order valence-electron chi connectivity index (χ1n) is 6.59. The highest BCUT2D eigenvalue weighted by atomic mass is 32.1. The molecular formula is C14H17N3OS. The van der Waals surface area contributed by atoms with Gasteiger partial charge in [-0.25, -0.2) is 0 Å². The van der Waals surface area contributed by atoms with E-state index in [1.165, 1.54) is 35.7 Å². The molecule has 1 aromatic heterocycles. The number of hydrogen-bond acceptors (Lipinski definition) is 5. The van der Waals surface area contributed by atoms with Gasteiger partial charge >= 0.3 is 0 Å². The maximum absolute atomic E-state index is 5.83. The number of rotatable bonds is 4. The Kier molecular flexibility index (Phi) is 3.64. The van der Waals surface area contributed by atoms with Crippen molar-refractivity contribution in [2.45, 2.75) is 26.4 Å². The fourth-order valence-corrected chi connectivity index (χ4v) is 2.86. The molecule has 0 radical (unpaired) electrons. The van der Waals surface area contributed by atoms with Crippen LogP contribution in [0.1, 0.15) is 24.0 Å². The number of aromatic nitrogens is 2. The van der Waals surface area contributed by atoms with E-state index in [1.807, 2.05) is 0 Å². The third-order valence-corrected chi connectivity index (χ3v) is 3.81. The summed E-state index contributed by atoms with van der Waals surface area (Å²) in [6.45, 7) is 4.76. The van der Waals surface area contributed by atoms with Crippen molar-refractivity contribution in [3.8, 4) is 5.88 Å². The van der Waals surface area contributed by atoms with Crippen molar-refractivity contribution in [3.05, 3.63) is 35.4 Å². The van der Waals surface area contributed by atoms with Crippen LogP contribution < -0.4 is 9.64 Å². The fraction of sp³-hybridized carbons (Fsp3) is 0.429. The lowest BCUT2D eigenvalue weighted by molar-refractivity contribution is 0.297. The molecule has 0 unspecified atom stereocenters. The van der Waals surface area contributed by atoms with Gasteiger partial charge in [0.05, 0.1) is 11.7 Å². The summed E-state index contributed by atoms with van der Waals surface area (Å²) < 4.78 is 14.5. The molecule has 3 rings (SSSR count). The summed E-state index contributed by atoms with van der Waals surface area (Å²) >= 11 is 1.22. The molecule has 100 valence electrons. The summed E-state index contributed by atoms with van der Waals surface area (Å²) in [7, 11) is 0. The van der Waals surface area contributed by atoms with E-state index < -0.39 is 0 Å². The minimum atomic E-state index is 0.550. The quantitative estimate of drug-likeness (QED) is 0.859. The van der Waals surface area contributed by atoms with Gasteiger partial charge in [0.25, 0.3) is 5.88 Å². The largest absolute Gasteiger partial charge is 0.470 e. The molecule has 19 heavy (non-hydrogen) atoms. The third-order valence-electron chi connectivity index (χ3n) is 3.31. The van der Waals surface area contributed by atoms with Gasteiger partial charge in [-0.15, -0.1) is 4.37 Å². The Morgan fingerprint density at radius 2 is 2.11 bits per heavy atom. The second-order valence-corrected chi connectivity index (χ2v) is 5.39. The van der Waals surface area contributed by atoms with Crippen LogP contribution in [0.5, 0.6) is 5.88 Å². The van der Waals surface area contributed by atoms with E-state index >= 15 is 0 Å². The van der Waals surface area contributed by atoms with Crippen molar-refractivity contribution in [1.29, 1.82) is 0 Å². The third kappa shape index (κ3) is 2.87. The highest BCUT2D eigenvalue weighted by Crippen LogP contribution is 2.29. The van der Waals surface area contributed by atoms with Crippen molar-refractivity contribution in [2.75, 3.05) is 18.0 Å². The highest BCUT2D eigenvalue weighted by molar-refractivity contribution is 6.99. The molecule has 0 N–H and O–H groups in total. The molecule has 0 aliphatic carbocycles. The molecule has 2 aromatic rings. The second-order valence-electron chi connectivity index (χ2n) is 4.86. The summed E-state index contributed by atoms with van der Waals surface area (Å²) in [5.74, 6) is 1.59. The van der Waals surface area contributed by atoms with Gasteiger partial charge in [-0.05, 0) is 25.3 Å². The van der Waals surface area contributed by atoms with Crippen molar-refractivity contribution in [1.82, 2.24) is 8.75 Å². The zero-order chi connectivity index (χ0) is 13.1. The lowest BCUT2D eigenvalue weighted by atomic mass is 10.1. The van der Waals surface area contributed by atoms with Crippen LogP contribution in [-0.4, -0.2) is 21.8 Å². The first-order chi connectivity index (χ1) is 9.33. The van der Waals surface area contributed by atoms with E-state index in [-0.39, 0.29) is 0 Å². The maximum Gasteiger partial charge on any atom is 0.271 e. The fourth-order valence-electron chi connectivity index (χ4n) is 2.34. The van der Waals surface area contributed by atoms with Gasteiger partial charge < -0.3 is 9.64 Å². The molecule has 1 fully saturated rings. The van der Waals surface area contributed by atoms with E-state index in [1.54, 1.807) is 0 Å². The molecule has 1 aromatic carbocycles. The average Bonchev–Trinajstić information content (AvgIpc) is 3.07. The molecule has 2 heterocycles. The summed E-state index contributed by atoms with van der Waals surface area (Å²) in [5.41, 5.74) is 2.41. The van der Waals surface area contributed by atoms with Crippen LogP contribution >= 0.6 is 11.7 Å². The number of ether oxygens (including phenoxy) is 1. The lowest BCUT2D eigenvalue weighted by Gasteiger charge is -2.15. The molecule has 4 nitrogen and oxygen atoms in total. The van der Waals surface area contributed by atoms with E-state index in [0.29, 0.717) is 12.5 Å². The predicted molar refractivity (Wildman–Crippen MR) is 76.9 cm³/mol. The van der Waals surface area contributed by atoms with Crippen LogP contribution in [0.2, 0.25) is 0 Å². The Balaban J connectivity index is 1.68. The van der Waals surface area contributed by atoms with Crippen LogP contribution in [0, 0.1) is 6.92 Å². The molecule has 1 saturated heterocycles. The first-order valence-corrected chi connectivity index (χ1v) is 7.32. The van der Waals surface area contributed by atoms with Crippen molar-refractivity contribution in [2.24, 2.45) is 0 Å². The van der Waals surface area contributed by atoms with Gasteiger partial charge in [-0.3, -0.25) is 0 Å². The van der Waals surface area contributed by atoms with Crippen molar-refractivity contribution in [3.63, 3.8) is 0 Å². The van der Waals surface area contributed by atoms with Gasteiger partial charge in [-0.2, -0.15) is 4.37 Å². The molecule has 0 saturated carbocycles. The Morgan fingerprint density at radius 3 is 2.89 bits per heavy atom. The number of hydrogen-bond donors (Lipinski definition) is 0. The van der Waals surface area contributed by atoms with Gasteiger partial charge in [-0.1, -0.05) is 29.8 Å². The lowest BCUT2D eigenvalue weighted by Crippen LogP contribution is -2.18. The summed E-state index contributed by atoms with van der Waals surface area (Å²) in [4.78, 5) is 2.26. The summed E-state index contributed by atoms with van der Waals surface area (Å²) in [6, 6.07) is 8.34. The number of benzene rings is 1. The van der Waals surface area contributed by atoms with Crippen LogP contribution in [0.3, 0.4) is 0 Å². The Morgan fingerprint density at radius 1 is 1.26 bits per heavy atom. The smallest absolute Gasteiger partial charge is 0.271 e. The number of anilines is 1. The van der Waals surface area contributed by atoms with Crippen LogP contribution in [0.15, 0.2) is 24.3 Å². The zero-order valence-corrected chi connectivity index (χ0v) is 11.8. The van der Waals surface area contributed by atoms with E-state index in [9.17, 15) is 0 Å². The topological polar surface area (TPSA) is 38.3 Å². The van der Waals surface area contributed by atoms with Gasteiger partial charge in [0.15, 0.2) is 0 Å². The maximum atomic E-state index is 5.83. The molecular weight excluding hydrogens is 258 g/mol. The molecule has 0 bridgehead atoms. The van der Waals surface area contributed by atoms with Crippen molar-refractivity contribution < 1.29 is 4.74 Å². The summed E-state index contributed by atoms with van der Waals surface area (Å²) in [5, 5.41) is 0. The second kappa shape index (κ2) is 5.57. The average molecular weight is 275 g/mol. The molecule has 0 spiro atoms. The van der Waals surface area contributed by atoms with Crippen molar-refractivity contribution >= 4 is 17.5 Å². The molecule has 0 atom stereocenters. The zero-order valence-electron chi connectivity index (χ0n) is 11.0. The SMILES string of the molecule is Cc1cccc(COc2nsnc2N2CCCC2)c1. The van der Waals surface area contributed by atoms with Gasteiger partial charge in [0.1, 0.15) is 6.61 Å². The molecule has 1 aliphatic rings. The van der Waals surface area contributed by atoms with Crippen LogP contribution in [0.25, 0.3) is 0 Å². The number of aryl methyl sites for hydroxylation is 1.